The van der Waals surface area contributed by atoms with Gasteiger partial charge in [0.1, 0.15) is 0 Å². The summed E-state index contributed by atoms with van der Waals surface area (Å²) < 4.78 is 26.6. The van der Waals surface area contributed by atoms with Crippen molar-refractivity contribution in [3.05, 3.63) is 101 Å². The van der Waals surface area contributed by atoms with Crippen LogP contribution in [0, 0.1) is 13.8 Å². The summed E-state index contributed by atoms with van der Waals surface area (Å²) in [7, 11) is -3.48. The van der Waals surface area contributed by atoms with E-state index in [1.165, 1.54) is 16.1 Å². The van der Waals surface area contributed by atoms with Gasteiger partial charge in [-0.3, -0.25) is 9.10 Å². The monoisotopic (exact) mass is 492 g/mol. The van der Waals surface area contributed by atoms with Gasteiger partial charge in [0.05, 0.1) is 18.5 Å². The first kappa shape index (κ1) is 26.5. The first-order chi connectivity index (χ1) is 16.4. The molecule has 0 aromatic heterocycles. The smallest absolute Gasteiger partial charge is 0.251 e. The topological polar surface area (TPSA) is 66.5 Å². The number of carbonyl (C=O) groups is 1. The molecule has 0 fully saturated rings. The minimum atomic E-state index is -3.48. The van der Waals surface area contributed by atoms with Crippen LogP contribution in [-0.4, -0.2) is 26.6 Å². The number of hydrogen-bond donors (Lipinski definition) is 1. The molecule has 1 N–H and O–H groups in total. The zero-order valence-corrected chi connectivity index (χ0v) is 22.3. The molecule has 5 nitrogen and oxygen atoms in total. The maximum absolute atomic E-state index is 12.9. The van der Waals surface area contributed by atoms with Gasteiger partial charge in [0.25, 0.3) is 5.91 Å². The zero-order chi connectivity index (χ0) is 25.8. The molecule has 0 heterocycles. The molecule has 186 valence electrons. The largest absolute Gasteiger partial charge is 0.350 e. The van der Waals surface area contributed by atoms with Crippen LogP contribution in [0.5, 0.6) is 0 Å². The molecular weight excluding hydrogens is 456 g/mol. The Labute approximate surface area is 210 Å². The molecule has 35 heavy (non-hydrogen) atoms. The van der Waals surface area contributed by atoms with E-state index in [1.54, 1.807) is 12.1 Å². The fourth-order valence-corrected chi connectivity index (χ4v) is 5.36. The van der Waals surface area contributed by atoms with E-state index in [-0.39, 0.29) is 23.9 Å². The van der Waals surface area contributed by atoms with E-state index in [0.29, 0.717) is 11.3 Å². The maximum Gasteiger partial charge on any atom is 0.251 e. The van der Waals surface area contributed by atoms with Crippen LogP contribution in [0.25, 0.3) is 0 Å². The maximum atomic E-state index is 12.9. The molecule has 0 radical (unpaired) electrons. The third-order valence-electron chi connectivity index (χ3n) is 6.33. The Morgan fingerprint density at radius 3 is 2.20 bits per heavy atom. The van der Waals surface area contributed by atoms with Gasteiger partial charge in [0.2, 0.25) is 10.0 Å². The van der Waals surface area contributed by atoms with E-state index in [0.717, 1.165) is 23.1 Å². The van der Waals surface area contributed by atoms with Gasteiger partial charge in [-0.25, -0.2) is 8.42 Å². The third-order valence-corrected chi connectivity index (χ3v) is 7.45. The lowest BCUT2D eigenvalue weighted by Gasteiger charge is -2.29. The van der Waals surface area contributed by atoms with Gasteiger partial charge in [0.15, 0.2) is 0 Å². The Morgan fingerprint density at radius 2 is 1.60 bits per heavy atom. The van der Waals surface area contributed by atoms with Crippen molar-refractivity contribution in [1.29, 1.82) is 0 Å². The van der Waals surface area contributed by atoms with Crippen molar-refractivity contribution in [1.82, 2.24) is 5.32 Å². The minimum Gasteiger partial charge on any atom is -0.350 e. The van der Waals surface area contributed by atoms with Crippen LogP contribution in [0.1, 0.15) is 59.8 Å². The van der Waals surface area contributed by atoms with Crippen LogP contribution < -0.4 is 9.62 Å². The van der Waals surface area contributed by atoms with Crippen LogP contribution in [0.4, 0.5) is 5.69 Å². The molecule has 0 saturated carbocycles. The quantitative estimate of drug-likeness (QED) is 0.413. The molecule has 0 bridgehead atoms. The van der Waals surface area contributed by atoms with Crippen molar-refractivity contribution in [2.45, 2.75) is 59.0 Å². The highest BCUT2D eigenvalue weighted by atomic mass is 32.2. The van der Waals surface area contributed by atoms with Gasteiger partial charge in [-0.05, 0) is 73.1 Å². The third kappa shape index (κ3) is 6.95. The van der Waals surface area contributed by atoms with Gasteiger partial charge < -0.3 is 5.32 Å². The molecule has 1 atom stereocenters. The summed E-state index contributed by atoms with van der Waals surface area (Å²) >= 11 is 0. The average Bonchev–Trinajstić information content (AvgIpc) is 2.79. The molecule has 0 aliphatic rings. The van der Waals surface area contributed by atoms with E-state index in [9.17, 15) is 13.2 Å². The van der Waals surface area contributed by atoms with Crippen LogP contribution in [-0.2, 0) is 22.0 Å². The Hall–Kier alpha value is -3.12. The first-order valence-electron chi connectivity index (χ1n) is 11.9. The molecule has 0 aliphatic heterocycles. The van der Waals surface area contributed by atoms with E-state index in [4.69, 9.17) is 0 Å². The summed E-state index contributed by atoms with van der Waals surface area (Å²) in [6.07, 6.45) is 2.02. The molecule has 3 aromatic rings. The van der Waals surface area contributed by atoms with Gasteiger partial charge in [-0.1, -0.05) is 68.4 Å². The molecule has 6 heteroatoms. The summed E-state index contributed by atoms with van der Waals surface area (Å²) in [5, 5.41) is 3.10. The van der Waals surface area contributed by atoms with Crippen LogP contribution >= 0.6 is 0 Å². The van der Waals surface area contributed by atoms with E-state index in [1.807, 2.05) is 69.3 Å². The zero-order valence-electron chi connectivity index (χ0n) is 21.5. The molecule has 0 saturated heterocycles. The number of hydrogen-bond acceptors (Lipinski definition) is 3. The normalized spacial score (nSPS) is 12.7. The van der Waals surface area contributed by atoms with E-state index < -0.39 is 10.0 Å². The molecule has 0 aliphatic carbocycles. The van der Waals surface area contributed by atoms with Crippen LogP contribution in [0.3, 0.4) is 0 Å². The second-order valence-electron chi connectivity index (χ2n) is 10.1. The van der Waals surface area contributed by atoms with Gasteiger partial charge in [0, 0.05) is 11.6 Å². The molecular formula is C29H36N2O3S. The number of carbonyl (C=O) groups excluding carboxylic acids is 1. The van der Waals surface area contributed by atoms with Crippen LogP contribution in [0.2, 0.25) is 0 Å². The highest BCUT2D eigenvalue weighted by molar-refractivity contribution is 7.92. The Balaban J connectivity index is 1.69. The fraction of sp³-hybridized carbons (Fsp3) is 0.345. The highest BCUT2D eigenvalue weighted by Gasteiger charge is 2.24. The minimum absolute atomic E-state index is 0.0117. The second kappa shape index (κ2) is 10.6. The summed E-state index contributed by atoms with van der Waals surface area (Å²) in [5.41, 5.74) is 5.09. The van der Waals surface area contributed by atoms with Crippen LogP contribution in [0.15, 0.2) is 72.8 Å². The Bertz CT molecular complexity index is 1270. The predicted octanol–water partition coefficient (Wildman–Crippen LogP) is 5.76. The lowest BCUT2D eigenvalue weighted by atomic mass is 9.79. The highest BCUT2D eigenvalue weighted by Crippen LogP contribution is 2.28. The molecule has 3 rings (SSSR count). The number of rotatable bonds is 9. The summed E-state index contributed by atoms with van der Waals surface area (Å²) in [6, 6.07) is 23.2. The number of benzene rings is 3. The lowest BCUT2D eigenvalue weighted by Crippen LogP contribution is -2.37. The lowest BCUT2D eigenvalue weighted by molar-refractivity contribution is 0.0934. The number of aryl methyl sites for hydroxylation is 2. The van der Waals surface area contributed by atoms with E-state index >= 15 is 0 Å². The first-order valence-corrected chi connectivity index (χ1v) is 13.7. The number of sulfonamides is 1. The van der Waals surface area contributed by atoms with E-state index in [2.05, 4.69) is 31.3 Å². The molecule has 1 amide bonds. The molecule has 0 unspecified atom stereocenters. The number of amides is 1. The summed E-state index contributed by atoms with van der Waals surface area (Å²) in [5.74, 6) is -0.137. The Kier molecular flexibility index (Phi) is 8.06. The van der Waals surface area contributed by atoms with Crippen molar-refractivity contribution in [3.8, 4) is 0 Å². The van der Waals surface area contributed by atoms with Crippen molar-refractivity contribution < 1.29 is 13.2 Å². The number of anilines is 1. The number of nitrogens with one attached hydrogen (secondary N) is 1. The summed E-state index contributed by atoms with van der Waals surface area (Å²) in [4.78, 5) is 12.9. The fourth-order valence-electron chi connectivity index (χ4n) is 4.43. The predicted molar refractivity (Wildman–Crippen MR) is 144 cm³/mol. The average molecular weight is 493 g/mol. The summed E-state index contributed by atoms with van der Waals surface area (Å²) in [6.45, 7) is 10.4. The molecule has 0 spiro atoms. The SMILES string of the molecule is Cc1ccc(C)c(N(Cc2ccc(C(=O)N[C@@H](C)CC(C)(C)c3ccccc3)cc2)S(C)(=O)=O)c1. The Morgan fingerprint density at radius 1 is 0.971 bits per heavy atom. The van der Waals surface area contributed by atoms with Crippen molar-refractivity contribution in [2.75, 3.05) is 10.6 Å². The van der Waals surface area contributed by atoms with Gasteiger partial charge in [-0.2, -0.15) is 0 Å². The van der Waals surface area contributed by atoms with Crippen molar-refractivity contribution in [2.24, 2.45) is 0 Å². The second-order valence-corrected chi connectivity index (χ2v) is 12.0. The molecule has 3 aromatic carbocycles. The van der Waals surface area contributed by atoms with Gasteiger partial charge in [-0.15, -0.1) is 0 Å². The van der Waals surface area contributed by atoms with Gasteiger partial charge >= 0.3 is 0 Å². The van der Waals surface area contributed by atoms with Crippen molar-refractivity contribution in [3.63, 3.8) is 0 Å². The standard InChI is InChI=1S/C29H36N2O3S/c1-21-12-13-22(2)27(18-21)31(35(6,33)34)20-24-14-16-25(17-15-24)28(32)30-23(3)19-29(4,5)26-10-8-7-9-11-26/h7-18,23H,19-20H2,1-6H3,(H,30,32)/t23-/m0/s1. The number of nitrogens with zero attached hydrogens (tertiary/aromatic N) is 1. The van der Waals surface area contributed by atoms with Crippen molar-refractivity contribution >= 4 is 21.6 Å².